The minimum Gasteiger partial charge on any atom is -0.464 e. The second kappa shape index (κ2) is 10.0. The van der Waals surface area contributed by atoms with Gasteiger partial charge in [-0.25, -0.2) is 9.59 Å². The molecule has 0 radical (unpaired) electrons. The topological polar surface area (TPSA) is 93.7 Å². The van der Waals surface area contributed by atoms with E-state index in [0.29, 0.717) is 6.42 Å². The van der Waals surface area contributed by atoms with Gasteiger partial charge in [-0.05, 0) is 34.1 Å². The zero-order valence-corrected chi connectivity index (χ0v) is 14.2. The highest BCUT2D eigenvalue weighted by Crippen LogP contribution is 2.06. The van der Waals surface area contributed by atoms with Crippen LogP contribution in [0.5, 0.6) is 0 Å². The van der Waals surface area contributed by atoms with E-state index in [1.165, 1.54) is 0 Å². The van der Waals surface area contributed by atoms with Gasteiger partial charge in [0.2, 0.25) is 5.91 Å². The van der Waals surface area contributed by atoms with Crippen molar-refractivity contribution in [1.29, 1.82) is 0 Å². The van der Waals surface area contributed by atoms with Gasteiger partial charge in [-0.2, -0.15) is 0 Å². The summed E-state index contributed by atoms with van der Waals surface area (Å²) in [5.41, 5.74) is -0.630. The molecule has 0 saturated carbocycles. The number of carbonyl (C=O) groups is 3. The molecule has 7 heteroatoms. The third-order valence-electron chi connectivity index (χ3n) is 2.54. The number of hydrogen-bond donors (Lipinski definition) is 2. The lowest BCUT2D eigenvalue weighted by atomic mass is 10.1. The number of hydrogen-bond acceptors (Lipinski definition) is 5. The van der Waals surface area contributed by atoms with Gasteiger partial charge in [-0.15, -0.1) is 0 Å². The molecular weight excluding hydrogens is 288 g/mol. The fourth-order valence-electron chi connectivity index (χ4n) is 1.61. The highest BCUT2D eigenvalue weighted by molar-refractivity contribution is 5.87. The largest absolute Gasteiger partial charge is 0.464 e. The molecule has 0 aromatic heterocycles. The summed E-state index contributed by atoms with van der Waals surface area (Å²) >= 11 is 0. The minimum absolute atomic E-state index is 0.253. The van der Waals surface area contributed by atoms with E-state index in [0.717, 1.165) is 12.8 Å². The summed E-state index contributed by atoms with van der Waals surface area (Å²) in [6, 6.07) is -0.687. The van der Waals surface area contributed by atoms with Gasteiger partial charge in [-0.1, -0.05) is 19.8 Å². The Morgan fingerprint density at radius 3 is 2.27 bits per heavy atom. The van der Waals surface area contributed by atoms with Crippen LogP contribution < -0.4 is 10.6 Å². The summed E-state index contributed by atoms with van der Waals surface area (Å²) in [5.74, 6) is -0.915. The van der Waals surface area contributed by atoms with Crippen molar-refractivity contribution in [3.63, 3.8) is 0 Å². The first-order chi connectivity index (χ1) is 10.2. The minimum atomic E-state index is -0.687. The van der Waals surface area contributed by atoms with Gasteiger partial charge in [0.1, 0.15) is 18.2 Å². The molecule has 0 spiro atoms. The van der Waals surface area contributed by atoms with Crippen LogP contribution in [-0.2, 0) is 19.1 Å². The number of nitrogens with one attached hydrogen (secondary N) is 2. The Bertz CT molecular complexity index is 377. The van der Waals surface area contributed by atoms with E-state index in [2.05, 4.69) is 10.6 Å². The molecule has 0 rings (SSSR count). The van der Waals surface area contributed by atoms with Gasteiger partial charge in [0.25, 0.3) is 0 Å². The summed E-state index contributed by atoms with van der Waals surface area (Å²) < 4.78 is 9.95. The Balaban J connectivity index is 4.32. The lowest BCUT2D eigenvalue weighted by Gasteiger charge is -2.20. The van der Waals surface area contributed by atoms with E-state index in [4.69, 9.17) is 9.47 Å². The van der Waals surface area contributed by atoms with Gasteiger partial charge < -0.3 is 20.1 Å². The second-order valence-corrected chi connectivity index (χ2v) is 5.87. The molecule has 0 saturated heterocycles. The Hall–Kier alpha value is -1.79. The second-order valence-electron chi connectivity index (χ2n) is 5.87. The van der Waals surface area contributed by atoms with Crippen molar-refractivity contribution in [2.24, 2.45) is 0 Å². The number of unbranched alkanes of at least 4 members (excludes halogenated alkanes) is 1. The Labute approximate surface area is 132 Å². The van der Waals surface area contributed by atoms with Crippen LogP contribution >= 0.6 is 0 Å². The van der Waals surface area contributed by atoms with Crippen LogP contribution in [0.4, 0.5) is 4.79 Å². The Morgan fingerprint density at radius 1 is 1.14 bits per heavy atom. The average molecular weight is 316 g/mol. The Morgan fingerprint density at radius 2 is 1.77 bits per heavy atom. The third kappa shape index (κ3) is 10.0. The summed E-state index contributed by atoms with van der Waals surface area (Å²) in [7, 11) is 0. The SMILES string of the molecule is CCCC[C@H](NC(=O)CNC(=O)OC(C)(C)C)C(=O)OCC. The summed E-state index contributed by atoms with van der Waals surface area (Å²) in [6.45, 7) is 8.90. The van der Waals surface area contributed by atoms with Gasteiger partial charge in [-0.3, -0.25) is 4.79 Å². The van der Waals surface area contributed by atoms with E-state index in [1.54, 1.807) is 27.7 Å². The van der Waals surface area contributed by atoms with Gasteiger partial charge in [0.15, 0.2) is 0 Å². The van der Waals surface area contributed by atoms with Crippen molar-refractivity contribution < 1.29 is 23.9 Å². The highest BCUT2D eigenvalue weighted by atomic mass is 16.6. The molecule has 7 nitrogen and oxygen atoms in total. The maximum atomic E-state index is 11.8. The van der Waals surface area contributed by atoms with Gasteiger partial charge >= 0.3 is 12.1 Å². The first kappa shape index (κ1) is 20.2. The monoisotopic (exact) mass is 316 g/mol. The summed E-state index contributed by atoms with van der Waals surface area (Å²) in [5, 5.41) is 4.92. The first-order valence-corrected chi connectivity index (χ1v) is 7.62. The molecule has 0 aliphatic heterocycles. The van der Waals surface area contributed by atoms with Crippen molar-refractivity contribution in [1.82, 2.24) is 10.6 Å². The summed E-state index contributed by atoms with van der Waals surface area (Å²) in [4.78, 5) is 35.0. The van der Waals surface area contributed by atoms with Crippen molar-refractivity contribution >= 4 is 18.0 Å². The normalized spacial score (nSPS) is 12.2. The molecule has 0 heterocycles. The highest BCUT2D eigenvalue weighted by Gasteiger charge is 2.22. The molecule has 1 atom stereocenters. The lowest BCUT2D eigenvalue weighted by Crippen LogP contribution is -2.46. The van der Waals surface area contributed by atoms with E-state index in [1.807, 2.05) is 6.92 Å². The van der Waals surface area contributed by atoms with Crippen LogP contribution in [0.25, 0.3) is 0 Å². The van der Waals surface area contributed by atoms with Crippen molar-refractivity contribution in [2.45, 2.75) is 65.5 Å². The van der Waals surface area contributed by atoms with Crippen LogP contribution in [-0.4, -0.2) is 42.8 Å². The first-order valence-electron chi connectivity index (χ1n) is 7.62. The van der Waals surface area contributed by atoms with Crippen LogP contribution in [0.3, 0.4) is 0 Å². The number of rotatable bonds is 8. The van der Waals surface area contributed by atoms with Gasteiger partial charge in [0, 0.05) is 0 Å². The van der Waals surface area contributed by atoms with Crippen LogP contribution in [0.2, 0.25) is 0 Å². The fourth-order valence-corrected chi connectivity index (χ4v) is 1.61. The number of carbonyl (C=O) groups excluding carboxylic acids is 3. The molecule has 0 fully saturated rings. The van der Waals surface area contributed by atoms with E-state index in [-0.39, 0.29) is 13.2 Å². The number of esters is 1. The van der Waals surface area contributed by atoms with Crippen molar-refractivity contribution in [3.05, 3.63) is 0 Å². The fraction of sp³-hybridized carbons (Fsp3) is 0.800. The number of ether oxygens (including phenoxy) is 2. The van der Waals surface area contributed by atoms with Crippen LogP contribution in [0, 0.1) is 0 Å². The predicted octanol–water partition coefficient (Wildman–Crippen LogP) is 1.75. The van der Waals surface area contributed by atoms with Crippen molar-refractivity contribution in [2.75, 3.05) is 13.2 Å². The zero-order valence-electron chi connectivity index (χ0n) is 14.2. The smallest absolute Gasteiger partial charge is 0.408 e. The molecular formula is C15H28N2O5. The molecule has 0 aromatic rings. The molecule has 2 amide bonds. The molecule has 0 bridgehead atoms. The third-order valence-corrected chi connectivity index (χ3v) is 2.54. The molecule has 0 aliphatic rings. The standard InChI is InChI=1S/C15H28N2O5/c1-6-8-9-11(13(19)21-7-2)17-12(18)10-16-14(20)22-15(3,4)5/h11H,6-10H2,1-5H3,(H,16,20)(H,17,18)/t11-/m0/s1. The molecule has 0 aliphatic carbocycles. The molecule has 128 valence electrons. The maximum absolute atomic E-state index is 11.8. The Kier molecular flexibility index (Phi) is 9.21. The molecule has 2 N–H and O–H groups in total. The van der Waals surface area contributed by atoms with Crippen molar-refractivity contribution in [3.8, 4) is 0 Å². The number of amides is 2. The van der Waals surface area contributed by atoms with E-state index >= 15 is 0 Å². The van der Waals surface area contributed by atoms with E-state index in [9.17, 15) is 14.4 Å². The van der Waals surface area contributed by atoms with E-state index < -0.39 is 29.6 Å². The molecule has 0 aromatic carbocycles. The predicted molar refractivity (Wildman–Crippen MR) is 82.3 cm³/mol. The van der Waals surface area contributed by atoms with Crippen LogP contribution in [0.15, 0.2) is 0 Å². The summed E-state index contributed by atoms with van der Waals surface area (Å²) in [6.07, 6.45) is 1.53. The number of alkyl carbamates (subject to hydrolysis) is 1. The zero-order chi connectivity index (χ0) is 17.2. The maximum Gasteiger partial charge on any atom is 0.408 e. The quantitative estimate of drug-likeness (QED) is 0.665. The van der Waals surface area contributed by atoms with Crippen LogP contribution in [0.1, 0.15) is 53.9 Å². The lowest BCUT2D eigenvalue weighted by molar-refractivity contribution is -0.147. The molecule has 22 heavy (non-hydrogen) atoms. The van der Waals surface area contributed by atoms with Gasteiger partial charge in [0.05, 0.1) is 6.61 Å². The average Bonchev–Trinajstić information content (AvgIpc) is 2.39. The molecule has 0 unspecified atom stereocenters.